The standard InChI is InChI=1S/C12H23N3O2/c1-5-9-8-15(7-6-10(9)14-17)11(16)13-12(2,3)4/h9,17H,5-8H2,1-4H3,(H,13,16). The summed E-state index contributed by atoms with van der Waals surface area (Å²) < 4.78 is 0. The van der Waals surface area contributed by atoms with Gasteiger partial charge in [0.1, 0.15) is 0 Å². The van der Waals surface area contributed by atoms with Crippen molar-refractivity contribution in [3.63, 3.8) is 0 Å². The van der Waals surface area contributed by atoms with Crippen molar-refractivity contribution in [2.24, 2.45) is 11.1 Å². The Labute approximate surface area is 103 Å². The number of oxime groups is 1. The predicted octanol–water partition coefficient (Wildman–Crippen LogP) is 2.06. The minimum Gasteiger partial charge on any atom is -0.411 e. The maximum absolute atomic E-state index is 12.0. The van der Waals surface area contributed by atoms with Gasteiger partial charge in [0.25, 0.3) is 0 Å². The molecular formula is C12H23N3O2. The van der Waals surface area contributed by atoms with E-state index in [0.29, 0.717) is 19.5 Å². The van der Waals surface area contributed by atoms with Gasteiger partial charge in [-0.1, -0.05) is 12.1 Å². The second-order valence-electron chi connectivity index (χ2n) is 5.57. The Hall–Kier alpha value is -1.26. The van der Waals surface area contributed by atoms with E-state index in [1.807, 2.05) is 27.7 Å². The van der Waals surface area contributed by atoms with E-state index in [0.717, 1.165) is 12.1 Å². The summed E-state index contributed by atoms with van der Waals surface area (Å²) in [7, 11) is 0. The van der Waals surface area contributed by atoms with Crippen molar-refractivity contribution in [1.82, 2.24) is 10.2 Å². The van der Waals surface area contributed by atoms with Crippen molar-refractivity contribution in [3.05, 3.63) is 0 Å². The van der Waals surface area contributed by atoms with E-state index in [1.165, 1.54) is 0 Å². The van der Waals surface area contributed by atoms with E-state index >= 15 is 0 Å². The number of hydrogen-bond acceptors (Lipinski definition) is 3. The topological polar surface area (TPSA) is 64.9 Å². The van der Waals surface area contributed by atoms with E-state index in [1.54, 1.807) is 4.90 Å². The van der Waals surface area contributed by atoms with Gasteiger partial charge in [-0.15, -0.1) is 0 Å². The molecule has 5 nitrogen and oxygen atoms in total. The molecule has 0 aromatic heterocycles. The Kier molecular flexibility index (Phi) is 4.37. The van der Waals surface area contributed by atoms with Crippen LogP contribution >= 0.6 is 0 Å². The molecule has 1 saturated heterocycles. The monoisotopic (exact) mass is 241 g/mol. The fourth-order valence-corrected chi connectivity index (χ4v) is 2.00. The van der Waals surface area contributed by atoms with Gasteiger partial charge < -0.3 is 15.4 Å². The van der Waals surface area contributed by atoms with Crippen LogP contribution in [0.2, 0.25) is 0 Å². The molecule has 0 aromatic carbocycles. The number of nitrogens with one attached hydrogen (secondary N) is 1. The molecule has 2 N–H and O–H groups in total. The first-order valence-electron chi connectivity index (χ1n) is 6.15. The smallest absolute Gasteiger partial charge is 0.317 e. The summed E-state index contributed by atoms with van der Waals surface area (Å²) in [6.45, 7) is 9.20. The van der Waals surface area contributed by atoms with Crippen molar-refractivity contribution in [2.45, 2.75) is 46.1 Å². The Bertz CT molecular complexity index is 307. The van der Waals surface area contributed by atoms with Crippen LogP contribution in [0.4, 0.5) is 4.79 Å². The van der Waals surface area contributed by atoms with E-state index in [9.17, 15) is 4.79 Å². The van der Waals surface area contributed by atoms with Gasteiger partial charge >= 0.3 is 6.03 Å². The second kappa shape index (κ2) is 5.38. The normalized spacial score (nSPS) is 23.9. The lowest BCUT2D eigenvalue weighted by atomic mass is 9.93. The van der Waals surface area contributed by atoms with Crippen molar-refractivity contribution >= 4 is 11.7 Å². The zero-order valence-corrected chi connectivity index (χ0v) is 11.2. The van der Waals surface area contributed by atoms with E-state index < -0.39 is 0 Å². The number of carbonyl (C=O) groups excluding carboxylic acids is 1. The van der Waals surface area contributed by atoms with Crippen LogP contribution < -0.4 is 5.32 Å². The quantitative estimate of drug-likeness (QED) is 0.545. The number of urea groups is 1. The number of piperidine rings is 1. The first kappa shape index (κ1) is 13.8. The summed E-state index contributed by atoms with van der Waals surface area (Å²) >= 11 is 0. The second-order valence-corrected chi connectivity index (χ2v) is 5.57. The van der Waals surface area contributed by atoms with Crippen LogP contribution in [0.3, 0.4) is 0 Å². The highest BCUT2D eigenvalue weighted by Crippen LogP contribution is 2.17. The molecule has 1 aliphatic heterocycles. The maximum Gasteiger partial charge on any atom is 0.317 e. The van der Waals surface area contributed by atoms with Crippen LogP contribution in [0.1, 0.15) is 40.5 Å². The van der Waals surface area contributed by atoms with Crippen LogP contribution in [0, 0.1) is 5.92 Å². The molecule has 0 bridgehead atoms. The molecule has 1 aliphatic rings. The third-order valence-corrected chi connectivity index (χ3v) is 2.94. The van der Waals surface area contributed by atoms with E-state index in [-0.39, 0.29) is 17.5 Å². The van der Waals surface area contributed by atoms with Crippen LogP contribution in [-0.4, -0.2) is 40.5 Å². The lowest BCUT2D eigenvalue weighted by molar-refractivity contribution is 0.178. The van der Waals surface area contributed by atoms with Crippen molar-refractivity contribution in [3.8, 4) is 0 Å². The number of hydrogen-bond donors (Lipinski definition) is 2. The molecule has 1 rings (SSSR count). The van der Waals surface area contributed by atoms with Gasteiger partial charge in [0.05, 0.1) is 5.71 Å². The minimum atomic E-state index is -0.218. The Morgan fingerprint density at radius 1 is 1.59 bits per heavy atom. The number of rotatable bonds is 1. The number of amides is 2. The SMILES string of the molecule is CCC1CN(C(=O)NC(C)(C)C)CCC1=NO. The average Bonchev–Trinajstić information content (AvgIpc) is 2.25. The minimum absolute atomic E-state index is 0.0343. The number of likely N-dealkylation sites (tertiary alicyclic amines) is 1. The zero-order valence-electron chi connectivity index (χ0n) is 11.2. The summed E-state index contributed by atoms with van der Waals surface area (Å²) in [6.07, 6.45) is 1.55. The van der Waals surface area contributed by atoms with Crippen LogP contribution in [-0.2, 0) is 0 Å². The Morgan fingerprint density at radius 2 is 2.24 bits per heavy atom. The molecule has 1 heterocycles. The molecule has 0 aliphatic carbocycles. The summed E-state index contributed by atoms with van der Waals surface area (Å²) in [5.41, 5.74) is 0.594. The molecule has 0 spiro atoms. The Balaban J connectivity index is 2.61. The van der Waals surface area contributed by atoms with E-state index in [2.05, 4.69) is 10.5 Å². The first-order valence-corrected chi connectivity index (χ1v) is 6.15. The lowest BCUT2D eigenvalue weighted by Crippen LogP contribution is -2.52. The molecule has 17 heavy (non-hydrogen) atoms. The third kappa shape index (κ3) is 3.91. The Morgan fingerprint density at radius 3 is 2.71 bits per heavy atom. The fourth-order valence-electron chi connectivity index (χ4n) is 2.00. The van der Waals surface area contributed by atoms with Crippen LogP contribution in [0.25, 0.3) is 0 Å². The van der Waals surface area contributed by atoms with Gasteiger partial charge in [-0.05, 0) is 27.2 Å². The molecule has 1 unspecified atom stereocenters. The first-order chi connectivity index (χ1) is 7.87. The van der Waals surface area contributed by atoms with Gasteiger partial charge in [-0.25, -0.2) is 4.79 Å². The molecule has 0 aromatic rings. The fraction of sp³-hybridized carbons (Fsp3) is 0.833. The van der Waals surface area contributed by atoms with Gasteiger partial charge in [0, 0.05) is 31.0 Å². The zero-order chi connectivity index (χ0) is 13.1. The van der Waals surface area contributed by atoms with Crippen molar-refractivity contribution < 1.29 is 10.0 Å². The molecule has 1 fully saturated rings. The summed E-state index contributed by atoms with van der Waals surface area (Å²) in [4.78, 5) is 13.8. The molecule has 1 atom stereocenters. The largest absolute Gasteiger partial charge is 0.411 e. The van der Waals surface area contributed by atoms with Gasteiger partial charge in [-0.3, -0.25) is 0 Å². The average molecular weight is 241 g/mol. The highest BCUT2D eigenvalue weighted by atomic mass is 16.4. The van der Waals surface area contributed by atoms with Gasteiger partial charge in [0.15, 0.2) is 0 Å². The van der Waals surface area contributed by atoms with Gasteiger partial charge in [0.2, 0.25) is 0 Å². The van der Waals surface area contributed by atoms with Crippen LogP contribution in [0.15, 0.2) is 5.16 Å². The summed E-state index contributed by atoms with van der Waals surface area (Å²) in [5.74, 6) is 0.180. The van der Waals surface area contributed by atoms with E-state index in [4.69, 9.17) is 5.21 Å². The van der Waals surface area contributed by atoms with Gasteiger partial charge in [-0.2, -0.15) is 0 Å². The summed E-state index contributed by atoms with van der Waals surface area (Å²) in [6, 6.07) is -0.0343. The molecular weight excluding hydrogens is 218 g/mol. The molecule has 2 amide bonds. The third-order valence-electron chi connectivity index (χ3n) is 2.94. The highest BCUT2D eigenvalue weighted by molar-refractivity contribution is 5.89. The molecule has 0 saturated carbocycles. The highest BCUT2D eigenvalue weighted by Gasteiger charge is 2.29. The number of nitrogens with zero attached hydrogens (tertiary/aromatic N) is 2. The predicted molar refractivity (Wildman–Crippen MR) is 67.5 cm³/mol. The van der Waals surface area contributed by atoms with Crippen LogP contribution in [0.5, 0.6) is 0 Å². The van der Waals surface area contributed by atoms with Crippen molar-refractivity contribution in [2.75, 3.05) is 13.1 Å². The lowest BCUT2D eigenvalue weighted by Gasteiger charge is -2.35. The maximum atomic E-state index is 12.0. The summed E-state index contributed by atoms with van der Waals surface area (Å²) in [5, 5.41) is 15.2. The molecule has 0 radical (unpaired) electrons. The van der Waals surface area contributed by atoms with Crippen molar-refractivity contribution in [1.29, 1.82) is 0 Å². The molecule has 5 heteroatoms. The number of carbonyl (C=O) groups is 1. The molecule has 98 valence electrons.